The van der Waals surface area contributed by atoms with Crippen LogP contribution in [0.2, 0.25) is 0 Å². The highest BCUT2D eigenvalue weighted by atomic mass is 32.1. The van der Waals surface area contributed by atoms with Crippen LogP contribution in [0.4, 0.5) is 0 Å². The van der Waals surface area contributed by atoms with Gasteiger partial charge in [0.25, 0.3) is 0 Å². The van der Waals surface area contributed by atoms with Crippen LogP contribution >= 0.6 is 11.3 Å². The number of hydrogen-bond donors (Lipinski definition) is 1. The van der Waals surface area contributed by atoms with Gasteiger partial charge >= 0.3 is 0 Å². The number of hydrogen-bond acceptors (Lipinski definition) is 4. The molecule has 5 heteroatoms. The topological polar surface area (TPSA) is 45.2 Å². The van der Waals surface area contributed by atoms with Gasteiger partial charge in [-0.05, 0) is 57.5 Å². The van der Waals surface area contributed by atoms with Gasteiger partial charge in [0.1, 0.15) is 0 Å². The summed E-state index contributed by atoms with van der Waals surface area (Å²) in [6.45, 7) is 6.57. The molecule has 1 fully saturated rings. The molecule has 4 rings (SSSR count). The highest BCUT2D eigenvalue weighted by Crippen LogP contribution is 2.34. The standard InChI is InChI=1S/C23H27N3OS/c1-16-7-9-18(10-8-16)15-24-22(27)17(2)26-13-11-19(12-14-26)23-25-20-5-3-4-6-21(20)28-23/h3-10,17,19H,11-15H2,1-2H3,(H,24,27). The van der Waals surface area contributed by atoms with Crippen LogP contribution in [0.3, 0.4) is 0 Å². The van der Waals surface area contributed by atoms with Gasteiger partial charge in [0, 0.05) is 12.5 Å². The van der Waals surface area contributed by atoms with Crippen molar-refractivity contribution in [3.05, 3.63) is 64.7 Å². The van der Waals surface area contributed by atoms with Gasteiger partial charge in [-0.2, -0.15) is 0 Å². The molecule has 1 aliphatic rings. The van der Waals surface area contributed by atoms with E-state index in [-0.39, 0.29) is 11.9 Å². The van der Waals surface area contributed by atoms with Crippen LogP contribution in [-0.2, 0) is 11.3 Å². The van der Waals surface area contributed by atoms with E-state index in [9.17, 15) is 4.79 Å². The molecule has 4 nitrogen and oxygen atoms in total. The summed E-state index contributed by atoms with van der Waals surface area (Å²) in [6, 6.07) is 16.6. The lowest BCUT2D eigenvalue weighted by atomic mass is 9.96. The molecule has 0 spiro atoms. The Labute approximate surface area is 170 Å². The monoisotopic (exact) mass is 393 g/mol. The minimum Gasteiger partial charge on any atom is -0.351 e. The summed E-state index contributed by atoms with van der Waals surface area (Å²) < 4.78 is 1.27. The van der Waals surface area contributed by atoms with Gasteiger partial charge in [0.05, 0.1) is 21.3 Å². The third kappa shape index (κ3) is 4.26. The average molecular weight is 394 g/mol. The molecule has 1 amide bonds. The maximum atomic E-state index is 12.6. The van der Waals surface area contributed by atoms with Crippen molar-refractivity contribution in [2.75, 3.05) is 13.1 Å². The molecular weight excluding hydrogens is 366 g/mol. The predicted molar refractivity (Wildman–Crippen MR) is 116 cm³/mol. The van der Waals surface area contributed by atoms with Crippen molar-refractivity contribution < 1.29 is 4.79 Å². The fraction of sp³-hybridized carbons (Fsp3) is 0.391. The van der Waals surface area contributed by atoms with Gasteiger partial charge in [-0.15, -0.1) is 11.3 Å². The Kier molecular flexibility index (Phi) is 5.74. The fourth-order valence-corrected chi connectivity index (χ4v) is 4.94. The van der Waals surface area contributed by atoms with Crippen LogP contribution < -0.4 is 5.32 Å². The van der Waals surface area contributed by atoms with Crippen LogP contribution in [0.15, 0.2) is 48.5 Å². The van der Waals surface area contributed by atoms with Crippen molar-refractivity contribution in [2.24, 2.45) is 0 Å². The number of likely N-dealkylation sites (tertiary alicyclic amines) is 1. The summed E-state index contributed by atoms with van der Waals surface area (Å²) >= 11 is 1.82. The minimum absolute atomic E-state index is 0.0956. The molecule has 1 saturated heterocycles. The van der Waals surface area contributed by atoms with E-state index >= 15 is 0 Å². The van der Waals surface area contributed by atoms with Crippen molar-refractivity contribution in [3.63, 3.8) is 0 Å². The molecule has 2 heterocycles. The fourth-order valence-electron chi connectivity index (χ4n) is 3.81. The van der Waals surface area contributed by atoms with Gasteiger partial charge in [-0.25, -0.2) is 4.98 Å². The molecule has 1 aliphatic heterocycles. The van der Waals surface area contributed by atoms with Crippen molar-refractivity contribution in [1.82, 2.24) is 15.2 Å². The second kappa shape index (κ2) is 8.41. The lowest BCUT2D eigenvalue weighted by Gasteiger charge is -2.34. The zero-order valence-electron chi connectivity index (χ0n) is 16.5. The first kappa shape index (κ1) is 19.1. The molecule has 0 bridgehead atoms. The number of amides is 1. The third-order valence-electron chi connectivity index (χ3n) is 5.70. The van der Waals surface area contributed by atoms with Gasteiger partial charge < -0.3 is 5.32 Å². The Morgan fingerprint density at radius 1 is 1.18 bits per heavy atom. The highest BCUT2D eigenvalue weighted by Gasteiger charge is 2.28. The molecule has 146 valence electrons. The Hall–Kier alpha value is -2.24. The van der Waals surface area contributed by atoms with E-state index in [1.165, 1.54) is 15.3 Å². The number of piperidine rings is 1. The number of thiazole rings is 1. The first-order chi connectivity index (χ1) is 13.6. The smallest absolute Gasteiger partial charge is 0.237 e. The number of nitrogens with zero attached hydrogens (tertiary/aromatic N) is 2. The summed E-state index contributed by atoms with van der Waals surface area (Å²) in [5.41, 5.74) is 3.48. The molecular formula is C23H27N3OS. The van der Waals surface area contributed by atoms with E-state index in [2.05, 4.69) is 59.6 Å². The molecule has 2 aromatic carbocycles. The Morgan fingerprint density at radius 2 is 1.89 bits per heavy atom. The van der Waals surface area contributed by atoms with Gasteiger partial charge in [0.2, 0.25) is 5.91 Å². The van der Waals surface area contributed by atoms with E-state index < -0.39 is 0 Å². The quantitative estimate of drug-likeness (QED) is 0.695. The molecule has 28 heavy (non-hydrogen) atoms. The number of para-hydroxylation sites is 1. The van der Waals surface area contributed by atoms with Crippen LogP contribution in [0.5, 0.6) is 0 Å². The Morgan fingerprint density at radius 3 is 2.61 bits per heavy atom. The van der Waals surface area contributed by atoms with E-state index in [4.69, 9.17) is 4.98 Å². The van der Waals surface area contributed by atoms with Crippen molar-refractivity contribution in [1.29, 1.82) is 0 Å². The van der Waals surface area contributed by atoms with Crippen molar-refractivity contribution in [2.45, 2.75) is 45.2 Å². The molecule has 1 atom stereocenters. The second-order valence-electron chi connectivity index (χ2n) is 7.71. The summed E-state index contributed by atoms with van der Waals surface area (Å²) in [5.74, 6) is 0.621. The van der Waals surface area contributed by atoms with E-state index in [1.54, 1.807) is 0 Å². The number of aryl methyl sites for hydroxylation is 1. The van der Waals surface area contributed by atoms with Gasteiger partial charge in [0.15, 0.2) is 0 Å². The zero-order valence-corrected chi connectivity index (χ0v) is 17.3. The maximum Gasteiger partial charge on any atom is 0.237 e. The first-order valence-corrected chi connectivity index (χ1v) is 10.8. The van der Waals surface area contributed by atoms with Crippen molar-refractivity contribution in [3.8, 4) is 0 Å². The summed E-state index contributed by atoms with van der Waals surface area (Å²) in [7, 11) is 0. The van der Waals surface area contributed by atoms with E-state index in [0.29, 0.717) is 12.5 Å². The van der Waals surface area contributed by atoms with E-state index in [0.717, 1.165) is 37.0 Å². The van der Waals surface area contributed by atoms with Gasteiger partial charge in [-0.3, -0.25) is 9.69 Å². The van der Waals surface area contributed by atoms with Crippen LogP contribution in [0, 0.1) is 6.92 Å². The third-order valence-corrected chi connectivity index (χ3v) is 6.90. The number of aromatic nitrogens is 1. The van der Waals surface area contributed by atoms with E-state index in [1.807, 2.05) is 24.3 Å². The number of carbonyl (C=O) groups excluding carboxylic acids is 1. The first-order valence-electron chi connectivity index (χ1n) is 10.0. The normalized spacial score (nSPS) is 16.9. The second-order valence-corrected chi connectivity index (χ2v) is 8.77. The van der Waals surface area contributed by atoms with Crippen LogP contribution in [0.25, 0.3) is 10.2 Å². The minimum atomic E-state index is -0.0956. The lowest BCUT2D eigenvalue weighted by molar-refractivity contribution is -0.126. The Bertz CT molecular complexity index is 909. The molecule has 1 N–H and O–H groups in total. The molecule has 0 saturated carbocycles. The summed E-state index contributed by atoms with van der Waals surface area (Å²) in [5, 5.41) is 4.33. The van der Waals surface area contributed by atoms with Gasteiger partial charge in [-0.1, -0.05) is 42.0 Å². The van der Waals surface area contributed by atoms with Crippen LogP contribution in [0.1, 0.15) is 41.8 Å². The number of carbonyl (C=O) groups is 1. The molecule has 0 radical (unpaired) electrons. The highest BCUT2D eigenvalue weighted by molar-refractivity contribution is 7.18. The average Bonchev–Trinajstić information content (AvgIpc) is 3.17. The largest absolute Gasteiger partial charge is 0.351 e. The lowest BCUT2D eigenvalue weighted by Crippen LogP contribution is -2.47. The number of benzene rings is 2. The predicted octanol–water partition coefficient (Wildman–Crippen LogP) is 4.49. The molecule has 3 aromatic rings. The zero-order chi connectivity index (χ0) is 19.5. The van der Waals surface area contributed by atoms with Crippen LogP contribution in [-0.4, -0.2) is 34.9 Å². The SMILES string of the molecule is Cc1ccc(CNC(=O)C(C)N2CCC(c3nc4ccccc4s3)CC2)cc1. The number of nitrogens with one attached hydrogen (secondary N) is 1. The molecule has 1 unspecified atom stereocenters. The molecule has 1 aromatic heterocycles. The van der Waals surface area contributed by atoms with Crippen molar-refractivity contribution >= 4 is 27.5 Å². The summed E-state index contributed by atoms with van der Waals surface area (Å²) in [4.78, 5) is 19.7. The maximum absolute atomic E-state index is 12.6. The number of rotatable bonds is 5. The molecule has 0 aliphatic carbocycles. The number of fused-ring (bicyclic) bond motifs is 1. The summed E-state index contributed by atoms with van der Waals surface area (Å²) in [6.07, 6.45) is 2.13. The Balaban J connectivity index is 1.29.